The first-order valence-electron chi connectivity index (χ1n) is 5.00. The molecule has 5 heteroatoms. The Bertz CT molecular complexity index is 543. The molecule has 0 spiro atoms. The molecule has 0 radical (unpaired) electrons. The summed E-state index contributed by atoms with van der Waals surface area (Å²) in [6.45, 7) is 2.06. The van der Waals surface area contributed by atoms with Gasteiger partial charge in [0.1, 0.15) is 4.60 Å². The minimum absolute atomic E-state index is 0.715. The molecule has 2 aromatic rings. The highest BCUT2D eigenvalue weighted by atomic mass is 79.9. The molecular weight excluding hydrogens is 298 g/mol. The van der Waals surface area contributed by atoms with Crippen LogP contribution in [0.3, 0.4) is 0 Å². The monoisotopic (exact) mass is 307 g/mol. The van der Waals surface area contributed by atoms with Crippen LogP contribution in [0.25, 0.3) is 0 Å². The molecule has 0 saturated heterocycles. The van der Waals surface area contributed by atoms with Crippen molar-refractivity contribution < 1.29 is 0 Å². The summed E-state index contributed by atoms with van der Waals surface area (Å²) < 4.78 is 5.01. The molecule has 0 aliphatic carbocycles. The zero-order chi connectivity index (χ0) is 12.1. The molecule has 0 aliphatic heterocycles. The standard InChI is InChI=1S/C12H10BrN3S/c1-9-4-2-3-5-10(9)8-16-17-12-11(13)14-6-7-15-12/h2-8H,1H3. The lowest BCUT2D eigenvalue weighted by Gasteiger charge is -1.98. The molecule has 1 aromatic carbocycles. The molecule has 1 aromatic heterocycles. The van der Waals surface area contributed by atoms with Gasteiger partial charge in [0, 0.05) is 30.6 Å². The second kappa shape index (κ2) is 5.93. The zero-order valence-electron chi connectivity index (χ0n) is 9.17. The van der Waals surface area contributed by atoms with E-state index in [1.54, 1.807) is 12.4 Å². The first-order chi connectivity index (χ1) is 8.27. The highest BCUT2D eigenvalue weighted by Gasteiger charge is 2.00. The van der Waals surface area contributed by atoms with Gasteiger partial charge in [-0.25, -0.2) is 14.4 Å². The summed E-state index contributed by atoms with van der Waals surface area (Å²) >= 11 is 4.63. The van der Waals surface area contributed by atoms with E-state index >= 15 is 0 Å². The summed E-state index contributed by atoms with van der Waals surface area (Å²) in [5.74, 6) is 0. The van der Waals surface area contributed by atoms with Gasteiger partial charge in [-0.15, -0.1) is 0 Å². The summed E-state index contributed by atoms with van der Waals surface area (Å²) in [5, 5.41) is 0.761. The summed E-state index contributed by atoms with van der Waals surface area (Å²) in [5.41, 5.74) is 2.31. The van der Waals surface area contributed by atoms with Crippen molar-refractivity contribution in [1.82, 2.24) is 9.97 Å². The fourth-order valence-electron chi connectivity index (χ4n) is 1.23. The Balaban J connectivity index is 2.09. The molecule has 17 heavy (non-hydrogen) atoms. The molecule has 86 valence electrons. The zero-order valence-corrected chi connectivity index (χ0v) is 11.6. The number of halogens is 1. The van der Waals surface area contributed by atoms with Gasteiger partial charge in [-0.2, -0.15) is 0 Å². The number of benzene rings is 1. The minimum Gasteiger partial charge on any atom is -0.245 e. The van der Waals surface area contributed by atoms with Gasteiger partial charge >= 0.3 is 0 Å². The average Bonchev–Trinajstić information content (AvgIpc) is 2.34. The predicted octanol–water partition coefficient (Wildman–Crippen LogP) is 3.67. The molecule has 0 bridgehead atoms. The summed E-state index contributed by atoms with van der Waals surface area (Å²) in [7, 11) is 0. The van der Waals surface area contributed by atoms with E-state index in [1.165, 1.54) is 17.5 Å². The van der Waals surface area contributed by atoms with Crippen LogP contribution >= 0.6 is 27.9 Å². The van der Waals surface area contributed by atoms with E-state index in [0.29, 0.717) is 4.60 Å². The van der Waals surface area contributed by atoms with Crippen LogP contribution in [0, 0.1) is 6.92 Å². The van der Waals surface area contributed by atoms with Crippen LogP contribution in [0.2, 0.25) is 0 Å². The van der Waals surface area contributed by atoms with Gasteiger partial charge in [0.05, 0.1) is 0 Å². The van der Waals surface area contributed by atoms with Gasteiger partial charge in [0.2, 0.25) is 0 Å². The molecule has 2 rings (SSSR count). The Hall–Kier alpha value is -1.20. The highest BCUT2D eigenvalue weighted by molar-refractivity contribution is 9.10. The quantitative estimate of drug-likeness (QED) is 0.641. The lowest BCUT2D eigenvalue weighted by Crippen LogP contribution is -1.86. The number of aryl methyl sites for hydroxylation is 1. The summed E-state index contributed by atoms with van der Waals surface area (Å²) in [6.07, 6.45) is 5.12. The van der Waals surface area contributed by atoms with Crippen LogP contribution in [-0.4, -0.2) is 16.2 Å². The Labute approximate surface area is 113 Å². The molecule has 0 atom stereocenters. The van der Waals surface area contributed by atoms with E-state index in [0.717, 1.165) is 10.6 Å². The van der Waals surface area contributed by atoms with Crippen LogP contribution in [0.4, 0.5) is 0 Å². The maximum absolute atomic E-state index is 4.29. The SMILES string of the molecule is Cc1ccccc1C=NSc1nccnc1Br. The number of hydrogen-bond acceptors (Lipinski definition) is 4. The van der Waals surface area contributed by atoms with E-state index in [4.69, 9.17) is 0 Å². The number of hydrogen-bond donors (Lipinski definition) is 0. The molecule has 0 amide bonds. The highest BCUT2D eigenvalue weighted by Crippen LogP contribution is 2.23. The van der Waals surface area contributed by atoms with Gasteiger partial charge in [0.25, 0.3) is 0 Å². The molecule has 0 aliphatic rings. The van der Waals surface area contributed by atoms with Gasteiger partial charge in [-0.05, 0) is 34.0 Å². The van der Waals surface area contributed by atoms with Crippen LogP contribution in [0.1, 0.15) is 11.1 Å². The lowest BCUT2D eigenvalue weighted by atomic mass is 10.1. The third-order valence-corrected chi connectivity index (χ3v) is 3.67. The third-order valence-electron chi connectivity index (χ3n) is 2.14. The number of nitrogens with zero attached hydrogens (tertiary/aromatic N) is 3. The Morgan fingerprint density at radius 1 is 1.24 bits per heavy atom. The van der Waals surface area contributed by atoms with Gasteiger partial charge < -0.3 is 0 Å². The van der Waals surface area contributed by atoms with Gasteiger partial charge in [0.15, 0.2) is 5.03 Å². The molecule has 1 heterocycles. The molecule has 0 fully saturated rings. The predicted molar refractivity (Wildman–Crippen MR) is 74.4 cm³/mol. The van der Waals surface area contributed by atoms with Crippen molar-refractivity contribution >= 4 is 34.1 Å². The lowest BCUT2D eigenvalue weighted by molar-refractivity contribution is 1.02. The van der Waals surface area contributed by atoms with Crippen molar-refractivity contribution in [2.75, 3.05) is 0 Å². The van der Waals surface area contributed by atoms with E-state index in [2.05, 4.69) is 43.3 Å². The van der Waals surface area contributed by atoms with Crippen molar-refractivity contribution in [3.63, 3.8) is 0 Å². The summed E-state index contributed by atoms with van der Waals surface area (Å²) in [6, 6.07) is 8.10. The fraction of sp³-hybridized carbons (Fsp3) is 0.0833. The maximum atomic E-state index is 4.29. The van der Waals surface area contributed by atoms with Crippen LogP contribution < -0.4 is 0 Å². The minimum atomic E-state index is 0.715. The van der Waals surface area contributed by atoms with Crippen LogP contribution in [-0.2, 0) is 0 Å². The normalized spacial score (nSPS) is 10.9. The molecular formula is C12H10BrN3S. The maximum Gasteiger partial charge on any atom is 0.151 e. The second-order valence-corrected chi connectivity index (χ2v) is 4.87. The smallest absolute Gasteiger partial charge is 0.151 e. The Morgan fingerprint density at radius 2 is 2.00 bits per heavy atom. The molecule has 0 unspecified atom stereocenters. The number of aromatic nitrogens is 2. The molecule has 3 nitrogen and oxygen atoms in total. The van der Waals surface area contributed by atoms with Crippen molar-refractivity contribution in [2.24, 2.45) is 4.40 Å². The van der Waals surface area contributed by atoms with E-state index in [1.807, 2.05) is 24.4 Å². The number of rotatable bonds is 3. The Kier molecular flexibility index (Phi) is 4.28. The van der Waals surface area contributed by atoms with E-state index in [9.17, 15) is 0 Å². The Morgan fingerprint density at radius 3 is 2.76 bits per heavy atom. The van der Waals surface area contributed by atoms with Gasteiger partial charge in [-0.3, -0.25) is 0 Å². The molecule has 0 N–H and O–H groups in total. The molecule has 0 saturated carbocycles. The largest absolute Gasteiger partial charge is 0.245 e. The van der Waals surface area contributed by atoms with Crippen LogP contribution in [0.5, 0.6) is 0 Å². The van der Waals surface area contributed by atoms with E-state index < -0.39 is 0 Å². The first-order valence-corrected chi connectivity index (χ1v) is 6.56. The van der Waals surface area contributed by atoms with Crippen LogP contribution in [0.15, 0.2) is 50.7 Å². The van der Waals surface area contributed by atoms with Crippen molar-refractivity contribution in [1.29, 1.82) is 0 Å². The topological polar surface area (TPSA) is 38.1 Å². The van der Waals surface area contributed by atoms with Crippen molar-refractivity contribution in [2.45, 2.75) is 11.9 Å². The van der Waals surface area contributed by atoms with Crippen molar-refractivity contribution in [3.05, 3.63) is 52.4 Å². The summed E-state index contributed by atoms with van der Waals surface area (Å²) in [4.78, 5) is 8.25. The average molecular weight is 308 g/mol. The first kappa shape index (κ1) is 12.3. The van der Waals surface area contributed by atoms with Gasteiger partial charge in [-0.1, -0.05) is 24.3 Å². The third kappa shape index (κ3) is 3.38. The van der Waals surface area contributed by atoms with Crippen molar-refractivity contribution in [3.8, 4) is 0 Å². The van der Waals surface area contributed by atoms with E-state index in [-0.39, 0.29) is 0 Å². The fourth-order valence-corrected chi connectivity index (χ4v) is 2.17. The second-order valence-electron chi connectivity index (χ2n) is 3.33.